The minimum Gasteiger partial charge on any atom is -0.306 e. The van der Waals surface area contributed by atoms with Gasteiger partial charge < -0.3 is 4.98 Å². The number of nitrogens with zero attached hydrogens (tertiary/aromatic N) is 2. The van der Waals surface area contributed by atoms with E-state index in [1.165, 1.54) is 11.1 Å². The van der Waals surface area contributed by atoms with Crippen LogP contribution in [0.3, 0.4) is 0 Å². The average molecular weight is 387 g/mol. The van der Waals surface area contributed by atoms with Gasteiger partial charge in [0.1, 0.15) is 5.82 Å². The number of imidazole rings is 1. The largest absolute Gasteiger partial charge is 0.326 e. The van der Waals surface area contributed by atoms with Crippen LogP contribution in [0.2, 0.25) is 0 Å². The number of H-pyrrole nitrogens is 1. The summed E-state index contributed by atoms with van der Waals surface area (Å²) in [6, 6.07) is 18.0. The number of fused-ring (bicyclic) bond motifs is 1. The van der Waals surface area contributed by atoms with Gasteiger partial charge in [-0.25, -0.2) is 9.18 Å². The summed E-state index contributed by atoms with van der Waals surface area (Å²) in [6.07, 6.45) is 2.83. The fourth-order valence-corrected chi connectivity index (χ4v) is 5.46. The molecular formula is C24H22FN3O. The van der Waals surface area contributed by atoms with Crippen molar-refractivity contribution in [2.75, 3.05) is 13.1 Å². The number of halogens is 1. The quantitative estimate of drug-likeness (QED) is 0.548. The molecule has 1 atom stereocenters. The molecular weight excluding hydrogens is 365 g/mol. The Hall–Kier alpha value is -2.92. The van der Waals surface area contributed by atoms with Crippen LogP contribution in [-0.4, -0.2) is 27.5 Å². The van der Waals surface area contributed by atoms with Crippen LogP contribution in [0.15, 0.2) is 59.4 Å². The molecule has 146 valence electrons. The van der Waals surface area contributed by atoms with E-state index in [0.29, 0.717) is 6.04 Å². The first-order valence-electron chi connectivity index (χ1n) is 10.3. The summed E-state index contributed by atoms with van der Waals surface area (Å²) in [5.74, 6) is -0.135. The maximum atomic E-state index is 14.3. The summed E-state index contributed by atoms with van der Waals surface area (Å²) >= 11 is 0. The van der Waals surface area contributed by atoms with Gasteiger partial charge in [0.2, 0.25) is 0 Å². The Balaban J connectivity index is 1.28. The van der Waals surface area contributed by atoms with E-state index in [0.717, 1.165) is 54.2 Å². The summed E-state index contributed by atoms with van der Waals surface area (Å²) in [6.45, 7) is 1.88. The van der Waals surface area contributed by atoms with E-state index in [2.05, 4.69) is 16.0 Å². The van der Waals surface area contributed by atoms with E-state index in [1.807, 2.05) is 47.0 Å². The van der Waals surface area contributed by atoms with Gasteiger partial charge in [0.15, 0.2) is 0 Å². The fourth-order valence-electron chi connectivity index (χ4n) is 5.46. The van der Waals surface area contributed by atoms with Gasteiger partial charge >= 0.3 is 5.69 Å². The Kier molecular flexibility index (Phi) is 3.68. The number of aromatic amines is 1. The summed E-state index contributed by atoms with van der Waals surface area (Å²) in [4.78, 5) is 18.0. The van der Waals surface area contributed by atoms with Gasteiger partial charge in [-0.2, -0.15) is 0 Å². The summed E-state index contributed by atoms with van der Waals surface area (Å²) in [7, 11) is 0. The Morgan fingerprint density at radius 2 is 1.79 bits per heavy atom. The third kappa shape index (κ3) is 2.50. The molecule has 29 heavy (non-hydrogen) atoms. The second-order valence-corrected chi connectivity index (χ2v) is 8.28. The van der Waals surface area contributed by atoms with Gasteiger partial charge in [-0.05, 0) is 54.0 Å². The molecule has 0 saturated carbocycles. The molecule has 1 aliphatic heterocycles. The van der Waals surface area contributed by atoms with Crippen LogP contribution in [0, 0.1) is 5.82 Å². The maximum Gasteiger partial charge on any atom is 0.326 e. The topological polar surface area (TPSA) is 41.0 Å². The lowest BCUT2D eigenvalue weighted by Gasteiger charge is -2.36. The lowest BCUT2D eigenvalue weighted by atomic mass is 9.99. The van der Waals surface area contributed by atoms with E-state index in [9.17, 15) is 9.18 Å². The zero-order chi connectivity index (χ0) is 19.5. The molecule has 2 aliphatic rings. The number of likely N-dealkylation sites (tertiary alicyclic amines) is 1. The number of aromatic nitrogens is 2. The standard InChI is InChI=1S/C24H22FN3O/c25-19-9-8-15-14-22(18-5-3-4-17(19)23(15)18)27-12-10-16(11-13-27)28-21-7-2-1-6-20(21)26-24(28)29/h1-9,16,22H,10-14H2,(H,26,29)/t22-/m1/s1. The molecule has 1 N–H and O–H groups in total. The van der Waals surface area contributed by atoms with Crippen molar-refractivity contribution in [3.05, 3.63) is 82.0 Å². The van der Waals surface area contributed by atoms with Crippen LogP contribution in [-0.2, 0) is 6.42 Å². The van der Waals surface area contributed by atoms with Crippen molar-refractivity contribution in [1.82, 2.24) is 14.5 Å². The molecule has 1 aliphatic carbocycles. The molecule has 1 saturated heterocycles. The van der Waals surface area contributed by atoms with Gasteiger partial charge in [-0.3, -0.25) is 9.47 Å². The highest BCUT2D eigenvalue weighted by atomic mass is 19.1. The molecule has 4 nitrogen and oxygen atoms in total. The fraction of sp³-hybridized carbons (Fsp3) is 0.292. The molecule has 1 fully saturated rings. The molecule has 2 heterocycles. The predicted molar refractivity (Wildman–Crippen MR) is 113 cm³/mol. The van der Waals surface area contributed by atoms with Crippen LogP contribution in [0.1, 0.15) is 36.1 Å². The van der Waals surface area contributed by atoms with Gasteiger partial charge in [0.05, 0.1) is 11.0 Å². The van der Waals surface area contributed by atoms with Crippen LogP contribution in [0.25, 0.3) is 21.8 Å². The van der Waals surface area contributed by atoms with Crippen molar-refractivity contribution < 1.29 is 4.39 Å². The van der Waals surface area contributed by atoms with Crippen molar-refractivity contribution in [2.24, 2.45) is 0 Å². The normalized spacial score (nSPS) is 20.1. The van der Waals surface area contributed by atoms with Gasteiger partial charge in [-0.15, -0.1) is 0 Å². The lowest BCUT2D eigenvalue weighted by Crippen LogP contribution is -2.39. The average Bonchev–Trinajstić information content (AvgIpc) is 3.29. The molecule has 3 aromatic carbocycles. The van der Waals surface area contributed by atoms with E-state index < -0.39 is 0 Å². The van der Waals surface area contributed by atoms with Crippen LogP contribution in [0.4, 0.5) is 4.39 Å². The van der Waals surface area contributed by atoms with E-state index in [-0.39, 0.29) is 17.5 Å². The highest BCUT2D eigenvalue weighted by molar-refractivity contribution is 5.91. The van der Waals surface area contributed by atoms with Crippen LogP contribution in [0.5, 0.6) is 0 Å². The molecule has 1 aromatic heterocycles. The smallest absolute Gasteiger partial charge is 0.306 e. The number of rotatable bonds is 2. The SMILES string of the molecule is O=c1[nH]c2ccccc2n1C1CCN([C@@H]2Cc3ccc(F)c4cccc2c34)CC1. The van der Waals surface area contributed by atoms with E-state index in [4.69, 9.17) is 0 Å². The minimum absolute atomic E-state index is 0.0156. The van der Waals surface area contributed by atoms with Crippen LogP contribution < -0.4 is 5.69 Å². The molecule has 0 unspecified atom stereocenters. The van der Waals surface area contributed by atoms with Crippen molar-refractivity contribution in [3.8, 4) is 0 Å². The first-order valence-corrected chi connectivity index (χ1v) is 10.3. The van der Waals surface area contributed by atoms with Gasteiger partial charge in [0, 0.05) is 30.6 Å². The second-order valence-electron chi connectivity index (χ2n) is 8.28. The Morgan fingerprint density at radius 3 is 2.66 bits per heavy atom. The molecule has 6 rings (SSSR count). The zero-order valence-electron chi connectivity index (χ0n) is 16.1. The lowest BCUT2D eigenvalue weighted by molar-refractivity contribution is 0.137. The number of hydrogen-bond donors (Lipinski definition) is 1. The number of para-hydroxylation sites is 2. The summed E-state index contributed by atoms with van der Waals surface area (Å²) in [5, 5.41) is 1.84. The van der Waals surface area contributed by atoms with Crippen molar-refractivity contribution in [3.63, 3.8) is 0 Å². The Bertz CT molecular complexity index is 1300. The highest BCUT2D eigenvalue weighted by Gasteiger charge is 2.33. The van der Waals surface area contributed by atoms with Gasteiger partial charge in [0.25, 0.3) is 0 Å². The van der Waals surface area contributed by atoms with Gasteiger partial charge in [-0.1, -0.05) is 36.4 Å². The monoisotopic (exact) mass is 387 g/mol. The molecule has 0 amide bonds. The number of piperidine rings is 1. The molecule has 0 bridgehead atoms. The summed E-state index contributed by atoms with van der Waals surface area (Å²) in [5.41, 5.74) is 4.37. The zero-order valence-corrected chi connectivity index (χ0v) is 16.1. The molecule has 4 aromatic rings. The van der Waals surface area contributed by atoms with Crippen molar-refractivity contribution in [1.29, 1.82) is 0 Å². The maximum absolute atomic E-state index is 14.3. The van der Waals surface area contributed by atoms with E-state index >= 15 is 0 Å². The number of nitrogens with one attached hydrogen (secondary N) is 1. The van der Waals surface area contributed by atoms with E-state index in [1.54, 1.807) is 6.07 Å². The first kappa shape index (κ1) is 17.0. The van der Waals surface area contributed by atoms with Crippen LogP contribution >= 0.6 is 0 Å². The molecule has 0 spiro atoms. The first-order chi connectivity index (χ1) is 14.2. The third-order valence-corrected chi connectivity index (χ3v) is 6.81. The predicted octanol–water partition coefficient (Wildman–Crippen LogP) is 4.56. The van der Waals surface area contributed by atoms with Crippen molar-refractivity contribution in [2.45, 2.75) is 31.3 Å². The Labute approximate surface area is 167 Å². The summed E-state index contributed by atoms with van der Waals surface area (Å²) < 4.78 is 16.2. The number of hydrogen-bond acceptors (Lipinski definition) is 2. The number of benzene rings is 3. The second kappa shape index (κ2) is 6.29. The highest BCUT2D eigenvalue weighted by Crippen LogP contribution is 2.42. The third-order valence-electron chi connectivity index (χ3n) is 6.81. The molecule has 0 radical (unpaired) electrons. The van der Waals surface area contributed by atoms with Crippen molar-refractivity contribution >= 4 is 21.8 Å². The Morgan fingerprint density at radius 1 is 0.966 bits per heavy atom. The minimum atomic E-state index is -0.135. The molecule has 5 heteroatoms.